The van der Waals surface area contributed by atoms with Gasteiger partial charge in [-0.3, -0.25) is 4.98 Å². The van der Waals surface area contributed by atoms with Crippen LogP contribution < -0.4 is 5.14 Å². The van der Waals surface area contributed by atoms with Crippen LogP contribution in [-0.4, -0.2) is 30.5 Å². The van der Waals surface area contributed by atoms with E-state index in [1.54, 1.807) is 18.3 Å². The lowest BCUT2D eigenvalue weighted by atomic mass is 10.1. The Kier molecular flexibility index (Phi) is 3.36. The topological polar surface area (TPSA) is 104 Å². The molecular weight excluding hydrogens is 270 g/mol. The molecule has 2 heterocycles. The molecule has 0 fully saturated rings. The maximum absolute atomic E-state index is 11.8. The average molecular weight is 281 g/mol. The summed E-state index contributed by atoms with van der Waals surface area (Å²) >= 11 is 0. The highest BCUT2D eigenvalue weighted by atomic mass is 32.2. The molecule has 2 rings (SSSR count). The average Bonchev–Trinajstić information content (AvgIpc) is 2.83. The molecule has 0 aliphatic rings. The zero-order valence-electron chi connectivity index (χ0n) is 9.98. The number of aromatic nitrogens is 2. The van der Waals surface area contributed by atoms with E-state index in [0.717, 1.165) is 7.11 Å². The highest BCUT2D eigenvalue weighted by molar-refractivity contribution is 7.87. The molecule has 0 spiro atoms. The number of rotatable bonds is 3. The van der Waals surface area contributed by atoms with E-state index in [2.05, 4.69) is 9.72 Å². The molecule has 0 saturated carbocycles. The molecule has 0 aliphatic heterocycles. The third-order valence-electron chi connectivity index (χ3n) is 2.48. The van der Waals surface area contributed by atoms with Gasteiger partial charge in [-0.1, -0.05) is 6.07 Å². The lowest BCUT2D eigenvalue weighted by molar-refractivity contribution is 0.0593. The number of carbonyl (C=O) groups is 1. The van der Waals surface area contributed by atoms with E-state index in [9.17, 15) is 13.2 Å². The third-order valence-corrected chi connectivity index (χ3v) is 3.33. The molecule has 0 atom stereocenters. The number of carbonyl (C=O) groups excluding carboxylic acids is 1. The van der Waals surface area contributed by atoms with Gasteiger partial charge in [0.1, 0.15) is 0 Å². The third kappa shape index (κ3) is 2.49. The first kappa shape index (κ1) is 13.2. The van der Waals surface area contributed by atoms with Crippen molar-refractivity contribution < 1.29 is 17.9 Å². The van der Waals surface area contributed by atoms with Gasteiger partial charge >= 0.3 is 16.2 Å². The number of nitrogens with two attached hydrogens (primary N) is 1. The van der Waals surface area contributed by atoms with Crippen molar-refractivity contribution in [1.29, 1.82) is 0 Å². The Labute approximate surface area is 109 Å². The molecular formula is C11H11N3O4S. The van der Waals surface area contributed by atoms with Crippen LogP contribution in [0, 0.1) is 0 Å². The lowest BCUT2D eigenvalue weighted by Crippen LogP contribution is -2.25. The molecule has 19 heavy (non-hydrogen) atoms. The van der Waals surface area contributed by atoms with Crippen molar-refractivity contribution in [2.24, 2.45) is 5.14 Å². The van der Waals surface area contributed by atoms with E-state index in [-0.39, 0.29) is 5.69 Å². The Hall–Kier alpha value is -2.19. The van der Waals surface area contributed by atoms with Gasteiger partial charge in [0.2, 0.25) is 0 Å². The van der Waals surface area contributed by atoms with Crippen LogP contribution in [0.1, 0.15) is 10.5 Å². The van der Waals surface area contributed by atoms with Crippen LogP contribution in [0.2, 0.25) is 0 Å². The van der Waals surface area contributed by atoms with Crippen molar-refractivity contribution in [2.45, 2.75) is 0 Å². The Bertz CT molecular complexity index is 707. The second kappa shape index (κ2) is 4.82. The Morgan fingerprint density at radius 1 is 1.42 bits per heavy atom. The standard InChI is InChI=1S/C11H11N3O4S/c1-18-11(15)10-9(8-3-2-5-13-7-8)4-6-14(10)19(12,16)17/h2-7H,1H3,(H2,12,16,17). The number of esters is 1. The van der Waals surface area contributed by atoms with Crippen molar-refractivity contribution in [3.8, 4) is 11.1 Å². The summed E-state index contributed by atoms with van der Waals surface area (Å²) in [5.41, 5.74) is 0.817. The van der Waals surface area contributed by atoms with Gasteiger partial charge in [-0.15, -0.1) is 0 Å². The molecule has 0 unspecified atom stereocenters. The first-order valence-electron chi connectivity index (χ1n) is 5.18. The first-order chi connectivity index (χ1) is 8.95. The summed E-state index contributed by atoms with van der Waals surface area (Å²) < 4.78 is 28.1. The molecule has 0 aromatic carbocycles. The number of hydrogen-bond donors (Lipinski definition) is 1. The van der Waals surface area contributed by atoms with Gasteiger partial charge in [-0.25, -0.2) is 13.9 Å². The van der Waals surface area contributed by atoms with Crippen LogP contribution >= 0.6 is 0 Å². The SMILES string of the molecule is COC(=O)c1c(-c2cccnc2)ccn1S(N)(=O)=O. The number of methoxy groups -OCH3 is 1. The predicted octanol–water partition coefficient (Wildman–Crippen LogP) is 0.388. The Morgan fingerprint density at radius 3 is 2.68 bits per heavy atom. The smallest absolute Gasteiger partial charge is 0.356 e. The zero-order valence-corrected chi connectivity index (χ0v) is 10.8. The van der Waals surface area contributed by atoms with E-state index in [1.165, 1.54) is 18.5 Å². The van der Waals surface area contributed by atoms with Crippen LogP contribution in [0.3, 0.4) is 0 Å². The quantitative estimate of drug-likeness (QED) is 0.819. The second-order valence-corrected chi connectivity index (χ2v) is 5.08. The molecule has 0 bridgehead atoms. The number of hydrogen-bond acceptors (Lipinski definition) is 5. The highest BCUT2D eigenvalue weighted by Gasteiger charge is 2.23. The summed E-state index contributed by atoms with van der Waals surface area (Å²) in [6, 6.07) is 4.83. The molecule has 2 aromatic rings. The fourth-order valence-corrected chi connectivity index (χ4v) is 2.34. The fraction of sp³-hybridized carbons (Fsp3) is 0.0909. The maximum Gasteiger partial charge on any atom is 0.356 e. The normalized spacial score (nSPS) is 11.3. The summed E-state index contributed by atoms with van der Waals surface area (Å²) in [5, 5.41) is 5.05. The van der Waals surface area contributed by atoms with Crippen molar-refractivity contribution in [2.75, 3.05) is 7.11 Å². The molecule has 0 saturated heterocycles. The van der Waals surface area contributed by atoms with Crippen molar-refractivity contribution in [3.63, 3.8) is 0 Å². The van der Waals surface area contributed by atoms with Gasteiger partial charge in [-0.2, -0.15) is 8.42 Å². The monoisotopic (exact) mass is 281 g/mol. The van der Waals surface area contributed by atoms with E-state index < -0.39 is 16.2 Å². The molecule has 100 valence electrons. The van der Waals surface area contributed by atoms with Gasteiger partial charge in [0.15, 0.2) is 5.69 Å². The Morgan fingerprint density at radius 2 is 2.16 bits per heavy atom. The Balaban J connectivity index is 2.71. The summed E-state index contributed by atoms with van der Waals surface area (Å²) in [6.07, 6.45) is 4.27. The van der Waals surface area contributed by atoms with E-state index in [0.29, 0.717) is 15.1 Å². The van der Waals surface area contributed by atoms with Crippen molar-refractivity contribution in [1.82, 2.24) is 8.96 Å². The zero-order chi connectivity index (χ0) is 14.0. The summed E-state index contributed by atoms with van der Waals surface area (Å²) in [4.78, 5) is 15.7. The van der Waals surface area contributed by atoms with Crippen LogP contribution in [0.4, 0.5) is 0 Å². The van der Waals surface area contributed by atoms with Crippen LogP contribution in [0.5, 0.6) is 0 Å². The van der Waals surface area contributed by atoms with E-state index in [1.807, 2.05) is 0 Å². The number of nitrogens with zero attached hydrogens (tertiary/aromatic N) is 2. The molecule has 2 N–H and O–H groups in total. The van der Waals surface area contributed by atoms with Crippen molar-refractivity contribution in [3.05, 3.63) is 42.5 Å². The molecule has 7 nitrogen and oxygen atoms in total. The molecule has 2 aromatic heterocycles. The first-order valence-corrected chi connectivity index (χ1v) is 6.69. The van der Waals surface area contributed by atoms with Crippen LogP contribution in [-0.2, 0) is 14.9 Å². The largest absolute Gasteiger partial charge is 0.464 e. The predicted molar refractivity (Wildman–Crippen MR) is 67.5 cm³/mol. The van der Waals surface area contributed by atoms with Crippen LogP contribution in [0.15, 0.2) is 36.8 Å². The summed E-state index contributed by atoms with van der Waals surface area (Å²) in [6.45, 7) is 0. The highest BCUT2D eigenvalue weighted by Crippen LogP contribution is 2.25. The van der Waals surface area contributed by atoms with Crippen molar-refractivity contribution >= 4 is 16.2 Å². The molecule has 8 heteroatoms. The molecule has 0 radical (unpaired) electrons. The fourth-order valence-electron chi connectivity index (χ4n) is 1.68. The summed E-state index contributed by atoms with van der Waals surface area (Å²) in [7, 11) is -2.92. The van der Waals surface area contributed by atoms with Gasteiger partial charge in [0, 0.05) is 29.7 Å². The minimum atomic E-state index is -4.08. The van der Waals surface area contributed by atoms with E-state index in [4.69, 9.17) is 5.14 Å². The second-order valence-electron chi connectivity index (χ2n) is 3.65. The number of ether oxygens (including phenoxy) is 1. The van der Waals surface area contributed by atoms with Gasteiger partial charge in [0.25, 0.3) is 0 Å². The molecule has 0 aliphatic carbocycles. The summed E-state index contributed by atoms with van der Waals surface area (Å²) in [5.74, 6) is -0.794. The minimum absolute atomic E-state index is 0.155. The maximum atomic E-state index is 11.8. The van der Waals surface area contributed by atoms with E-state index >= 15 is 0 Å². The molecule has 0 amide bonds. The lowest BCUT2D eigenvalue weighted by Gasteiger charge is -2.07. The number of pyridine rings is 1. The van der Waals surface area contributed by atoms with Gasteiger partial charge < -0.3 is 4.74 Å². The minimum Gasteiger partial charge on any atom is -0.464 e. The van der Waals surface area contributed by atoms with Gasteiger partial charge in [-0.05, 0) is 12.1 Å². The van der Waals surface area contributed by atoms with Crippen LogP contribution in [0.25, 0.3) is 11.1 Å². The van der Waals surface area contributed by atoms with Gasteiger partial charge in [0.05, 0.1) is 7.11 Å².